The molecule has 0 radical (unpaired) electrons. The first-order valence-electron chi connectivity index (χ1n) is 11.8. The van der Waals surface area contributed by atoms with Gasteiger partial charge in [-0.2, -0.15) is 13.2 Å². The quantitative estimate of drug-likeness (QED) is 0.447. The largest absolute Gasteiger partial charge is 0.497 e. The molecule has 1 N–H and O–H groups in total. The normalized spacial score (nSPS) is 18.2. The Hall–Kier alpha value is -3.83. The van der Waals surface area contributed by atoms with Crippen LogP contribution in [0.1, 0.15) is 21.8 Å². The van der Waals surface area contributed by atoms with Crippen molar-refractivity contribution in [1.82, 2.24) is 9.88 Å². The number of methoxy groups -OCH3 is 2. The molecule has 0 saturated carbocycles. The van der Waals surface area contributed by atoms with Crippen LogP contribution in [0, 0.1) is 0 Å². The van der Waals surface area contributed by atoms with Crippen LogP contribution in [0.15, 0.2) is 71.7 Å². The molecule has 1 aromatic heterocycles. The number of pyridine rings is 1. The van der Waals surface area contributed by atoms with Gasteiger partial charge in [0.2, 0.25) is 5.91 Å². The highest BCUT2D eigenvalue weighted by Crippen LogP contribution is 2.32. The molecule has 1 unspecified atom stereocenters. The molecule has 12 heteroatoms. The minimum Gasteiger partial charge on any atom is -0.497 e. The molecule has 39 heavy (non-hydrogen) atoms. The first kappa shape index (κ1) is 28.2. The Kier molecular flexibility index (Phi) is 8.31. The van der Waals surface area contributed by atoms with Crippen LogP contribution in [0.3, 0.4) is 0 Å². The Bertz CT molecular complexity index is 1390. The molecule has 2 aromatic carbocycles. The molecule has 0 bridgehead atoms. The number of anilines is 1. The van der Waals surface area contributed by atoms with Gasteiger partial charge in [-0.05, 0) is 54.1 Å². The van der Waals surface area contributed by atoms with Gasteiger partial charge < -0.3 is 24.3 Å². The Labute approximate surface area is 226 Å². The highest BCUT2D eigenvalue weighted by atomic mass is 35.5. The molecule has 1 aliphatic heterocycles. The molecule has 2 heterocycles. The zero-order chi connectivity index (χ0) is 28.3. The van der Waals surface area contributed by atoms with Crippen LogP contribution in [-0.4, -0.2) is 55.5 Å². The maximum absolute atomic E-state index is 13.6. The highest BCUT2D eigenvalue weighted by Gasteiger charge is 2.44. The van der Waals surface area contributed by atoms with Crippen LogP contribution >= 0.6 is 11.6 Å². The van der Waals surface area contributed by atoms with Gasteiger partial charge in [0.1, 0.15) is 17.5 Å². The van der Waals surface area contributed by atoms with Crippen molar-refractivity contribution in [2.75, 3.05) is 25.7 Å². The third kappa shape index (κ3) is 6.10. The predicted molar refractivity (Wildman–Crippen MR) is 138 cm³/mol. The van der Waals surface area contributed by atoms with Crippen molar-refractivity contribution >= 4 is 29.1 Å². The van der Waals surface area contributed by atoms with Gasteiger partial charge in [-0.15, -0.1) is 0 Å². The Morgan fingerprint density at radius 1 is 1.08 bits per heavy atom. The molecule has 0 aliphatic carbocycles. The van der Waals surface area contributed by atoms with E-state index in [-0.39, 0.29) is 17.8 Å². The number of rotatable bonds is 8. The fourth-order valence-corrected chi connectivity index (χ4v) is 4.58. The number of nitrogens with one attached hydrogen (secondary N) is 1. The van der Waals surface area contributed by atoms with Gasteiger partial charge in [0.25, 0.3) is 11.5 Å². The number of amides is 2. The van der Waals surface area contributed by atoms with E-state index < -0.39 is 48.2 Å². The molecule has 3 aromatic rings. The number of ether oxygens (including phenoxy) is 2. The van der Waals surface area contributed by atoms with Crippen LogP contribution < -0.4 is 20.5 Å². The first-order valence-corrected chi connectivity index (χ1v) is 12.2. The Balaban J connectivity index is 1.68. The van der Waals surface area contributed by atoms with Gasteiger partial charge in [-0.1, -0.05) is 23.7 Å². The average molecular weight is 564 g/mol. The topological polar surface area (TPSA) is 89.9 Å². The van der Waals surface area contributed by atoms with Crippen LogP contribution in [-0.2, 0) is 16.1 Å². The fraction of sp³-hybridized carbons (Fsp3) is 0.296. The minimum absolute atomic E-state index is 0.00293. The van der Waals surface area contributed by atoms with Gasteiger partial charge in [0.05, 0.1) is 13.7 Å². The maximum atomic E-state index is 13.6. The van der Waals surface area contributed by atoms with E-state index in [1.807, 2.05) is 0 Å². The van der Waals surface area contributed by atoms with Crippen molar-refractivity contribution in [3.8, 4) is 5.75 Å². The van der Waals surface area contributed by atoms with E-state index in [1.54, 1.807) is 36.4 Å². The average Bonchev–Trinajstić information content (AvgIpc) is 3.23. The molecule has 0 spiro atoms. The number of alkyl halides is 3. The lowest BCUT2D eigenvalue weighted by Crippen LogP contribution is -2.44. The number of hydrogen-bond donors (Lipinski definition) is 1. The second kappa shape index (κ2) is 11.5. The van der Waals surface area contributed by atoms with E-state index in [0.717, 1.165) is 11.7 Å². The van der Waals surface area contributed by atoms with Crippen LogP contribution in [0.5, 0.6) is 5.75 Å². The Morgan fingerprint density at radius 3 is 2.33 bits per heavy atom. The number of halogens is 4. The van der Waals surface area contributed by atoms with E-state index >= 15 is 0 Å². The summed E-state index contributed by atoms with van der Waals surface area (Å²) in [6, 6.07) is 14.7. The first-order chi connectivity index (χ1) is 18.5. The predicted octanol–water partition coefficient (Wildman–Crippen LogP) is 4.02. The van der Waals surface area contributed by atoms with Crippen LogP contribution in [0.2, 0.25) is 5.02 Å². The zero-order valence-corrected chi connectivity index (χ0v) is 21.7. The summed E-state index contributed by atoms with van der Waals surface area (Å²) in [5.74, 6) is -1.09. The number of carbonyl (C=O) groups is 2. The van der Waals surface area contributed by atoms with Crippen molar-refractivity contribution in [2.24, 2.45) is 0 Å². The lowest BCUT2D eigenvalue weighted by molar-refractivity contribution is -0.216. The van der Waals surface area contributed by atoms with Crippen molar-refractivity contribution in [3.63, 3.8) is 0 Å². The monoisotopic (exact) mass is 563 g/mol. The lowest BCUT2D eigenvalue weighted by Gasteiger charge is -2.21. The number of aromatic nitrogens is 1. The smallest absolute Gasteiger partial charge is 0.416 e. The SMILES string of the molecule is COc1ccc([C@@H]2CN(c3cccn(CC(OC)C(F)(F)F)c3=O)C(=O)[C@H]2NC(=O)c2ccc(Cl)cc2)cc1. The van der Waals surface area contributed by atoms with E-state index in [2.05, 4.69) is 10.1 Å². The maximum Gasteiger partial charge on any atom is 0.416 e. The number of nitrogens with zero attached hydrogens (tertiary/aromatic N) is 2. The molecule has 206 valence electrons. The van der Waals surface area contributed by atoms with Gasteiger partial charge in [-0.25, -0.2) is 0 Å². The Morgan fingerprint density at radius 2 is 1.74 bits per heavy atom. The molecular weight excluding hydrogens is 539 g/mol. The molecular formula is C27H25ClF3N3O5. The number of hydrogen-bond acceptors (Lipinski definition) is 5. The standard InChI is InChI=1S/C27H25ClF3N3O5/c1-38-19-11-7-16(8-12-19)20-14-34(26(37)23(20)32-24(35)17-5-9-18(28)10-6-17)21-4-3-13-33(25(21)36)15-22(39-2)27(29,30)31/h3-13,20,22-23H,14-15H2,1-2H3,(H,32,35)/t20-,22?,23-/m0/s1. The summed E-state index contributed by atoms with van der Waals surface area (Å²) >= 11 is 5.91. The van der Waals surface area contributed by atoms with E-state index in [1.165, 1.54) is 42.5 Å². The molecule has 8 nitrogen and oxygen atoms in total. The molecule has 2 amide bonds. The van der Waals surface area contributed by atoms with E-state index in [4.69, 9.17) is 16.3 Å². The highest BCUT2D eigenvalue weighted by molar-refractivity contribution is 6.30. The second-order valence-electron chi connectivity index (χ2n) is 8.90. The van der Waals surface area contributed by atoms with E-state index in [9.17, 15) is 27.6 Å². The van der Waals surface area contributed by atoms with Crippen LogP contribution in [0.25, 0.3) is 0 Å². The summed E-state index contributed by atoms with van der Waals surface area (Å²) in [6.07, 6.45) is -5.70. The molecule has 1 fully saturated rings. The van der Waals surface area contributed by atoms with Gasteiger partial charge >= 0.3 is 6.18 Å². The zero-order valence-electron chi connectivity index (χ0n) is 20.9. The summed E-state index contributed by atoms with van der Waals surface area (Å²) in [5.41, 5.74) is 0.0661. The second-order valence-corrected chi connectivity index (χ2v) is 9.34. The minimum atomic E-state index is -4.69. The third-order valence-corrected chi connectivity index (χ3v) is 6.81. The van der Waals surface area contributed by atoms with Crippen molar-refractivity contribution in [3.05, 3.63) is 93.4 Å². The lowest BCUT2D eigenvalue weighted by atomic mass is 9.93. The summed E-state index contributed by atoms with van der Waals surface area (Å²) in [4.78, 5) is 41.1. The van der Waals surface area contributed by atoms with Crippen LogP contribution in [0.4, 0.5) is 18.9 Å². The fourth-order valence-electron chi connectivity index (χ4n) is 4.45. The molecule has 1 aliphatic rings. The third-order valence-electron chi connectivity index (χ3n) is 6.55. The number of benzene rings is 2. The van der Waals surface area contributed by atoms with Gasteiger partial charge in [0.15, 0.2) is 6.10 Å². The summed E-state index contributed by atoms with van der Waals surface area (Å²) in [5, 5.41) is 3.19. The molecule has 1 saturated heterocycles. The van der Waals surface area contributed by atoms with Crippen molar-refractivity contribution in [2.45, 2.75) is 30.8 Å². The molecule has 4 rings (SSSR count). The summed E-state index contributed by atoms with van der Waals surface area (Å²) in [6.45, 7) is -0.781. The summed E-state index contributed by atoms with van der Waals surface area (Å²) < 4.78 is 50.4. The molecule has 3 atom stereocenters. The van der Waals surface area contributed by atoms with Gasteiger partial charge in [0, 0.05) is 36.4 Å². The summed E-state index contributed by atoms with van der Waals surface area (Å²) in [7, 11) is 2.42. The van der Waals surface area contributed by atoms with E-state index in [0.29, 0.717) is 16.3 Å². The van der Waals surface area contributed by atoms with Crippen molar-refractivity contribution in [1.29, 1.82) is 0 Å². The van der Waals surface area contributed by atoms with Gasteiger partial charge in [-0.3, -0.25) is 14.4 Å². The van der Waals surface area contributed by atoms with Crippen molar-refractivity contribution < 1.29 is 32.2 Å². The number of carbonyl (C=O) groups excluding carboxylic acids is 2.